The highest BCUT2D eigenvalue weighted by molar-refractivity contribution is 5.82. The van der Waals surface area contributed by atoms with Gasteiger partial charge in [0.25, 0.3) is 0 Å². The predicted octanol–water partition coefficient (Wildman–Crippen LogP) is 4.39. The van der Waals surface area contributed by atoms with Crippen molar-refractivity contribution in [1.29, 1.82) is 5.26 Å². The van der Waals surface area contributed by atoms with Crippen molar-refractivity contribution in [2.24, 2.45) is 0 Å². The van der Waals surface area contributed by atoms with Crippen LogP contribution >= 0.6 is 0 Å². The Morgan fingerprint density at radius 3 is 2.52 bits per heavy atom. The molecule has 0 aliphatic rings. The number of nitriles is 1. The Bertz CT molecular complexity index is 919. The highest BCUT2D eigenvalue weighted by atomic mass is 16.3. The average Bonchev–Trinajstić information content (AvgIpc) is 3.05. The molecular weight excluding hydrogens is 286 g/mol. The van der Waals surface area contributed by atoms with Crippen LogP contribution in [0.1, 0.15) is 22.3 Å². The third-order valence-corrected chi connectivity index (χ3v) is 4.13. The van der Waals surface area contributed by atoms with Gasteiger partial charge in [0.15, 0.2) is 0 Å². The molecule has 23 heavy (non-hydrogen) atoms. The van der Waals surface area contributed by atoms with Gasteiger partial charge in [-0.2, -0.15) is 5.26 Å². The first-order valence-electron chi connectivity index (χ1n) is 7.34. The van der Waals surface area contributed by atoms with Crippen LogP contribution in [0.15, 0.2) is 41.0 Å². The zero-order chi connectivity index (χ0) is 16.6. The molecule has 0 bridgehead atoms. The molecule has 1 aromatic carbocycles. The van der Waals surface area contributed by atoms with Gasteiger partial charge in [-0.05, 0) is 55.7 Å². The summed E-state index contributed by atoms with van der Waals surface area (Å²) in [5.41, 5.74) is 12.1. The maximum absolute atomic E-state index is 9.45. The molecule has 4 nitrogen and oxygen atoms in total. The second-order valence-electron chi connectivity index (χ2n) is 5.61. The SMILES string of the molecule is Cc1ccc(-c2nc(N)c(C#N)c(-c3ccco3)c2C)cc1C. The molecule has 0 fully saturated rings. The molecule has 0 saturated carbocycles. The van der Waals surface area contributed by atoms with Crippen molar-refractivity contribution in [3.05, 3.63) is 58.8 Å². The van der Waals surface area contributed by atoms with E-state index in [1.54, 1.807) is 12.3 Å². The highest BCUT2D eigenvalue weighted by Gasteiger charge is 2.20. The van der Waals surface area contributed by atoms with Crippen LogP contribution in [0, 0.1) is 32.1 Å². The Kier molecular flexibility index (Phi) is 3.63. The molecule has 114 valence electrons. The molecule has 3 aromatic rings. The Morgan fingerprint density at radius 1 is 1.13 bits per heavy atom. The van der Waals surface area contributed by atoms with E-state index in [4.69, 9.17) is 10.2 Å². The maximum atomic E-state index is 9.45. The molecule has 4 heteroatoms. The summed E-state index contributed by atoms with van der Waals surface area (Å²) < 4.78 is 5.50. The molecule has 0 aliphatic carbocycles. The van der Waals surface area contributed by atoms with Crippen LogP contribution < -0.4 is 5.73 Å². The van der Waals surface area contributed by atoms with Crippen molar-refractivity contribution in [1.82, 2.24) is 4.98 Å². The number of anilines is 1. The standard InChI is InChI=1S/C19H17N3O/c1-11-6-7-14(9-12(11)2)18-13(3)17(16-5-4-8-23-16)15(10-20)19(21)22-18/h4-9H,1-3H3,(H2,21,22). The number of nitrogen functional groups attached to an aromatic ring is 1. The van der Waals surface area contributed by atoms with E-state index >= 15 is 0 Å². The lowest BCUT2D eigenvalue weighted by Gasteiger charge is -2.14. The molecule has 2 aromatic heterocycles. The zero-order valence-electron chi connectivity index (χ0n) is 13.3. The quantitative estimate of drug-likeness (QED) is 0.761. The summed E-state index contributed by atoms with van der Waals surface area (Å²) >= 11 is 0. The van der Waals surface area contributed by atoms with Gasteiger partial charge in [-0.3, -0.25) is 0 Å². The third kappa shape index (κ3) is 2.47. The lowest BCUT2D eigenvalue weighted by Crippen LogP contribution is -2.03. The molecule has 0 spiro atoms. The van der Waals surface area contributed by atoms with Crippen LogP contribution in [-0.2, 0) is 0 Å². The fourth-order valence-electron chi connectivity index (χ4n) is 2.71. The van der Waals surface area contributed by atoms with Gasteiger partial charge in [0.1, 0.15) is 23.2 Å². The number of pyridine rings is 1. The van der Waals surface area contributed by atoms with Crippen LogP contribution in [0.25, 0.3) is 22.6 Å². The summed E-state index contributed by atoms with van der Waals surface area (Å²) in [6, 6.07) is 11.9. The van der Waals surface area contributed by atoms with Gasteiger partial charge in [-0.1, -0.05) is 12.1 Å². The first-order valence-corrected chi connectivity index (χ1v) is 7.34. The minimum Gasteiger partial charge on any atom is -0.464 e. The molecule has 0 radical (unpaired) electrons. The Hall–Kier alpha value is -3.06. The molecule has 2 heterocycles. The van der Waals surface area contributed by atoms with Crippen LogP contribution in [0.5, 0.6) is 0 Å². The maximum Gasteiger partial charge on any atom is 0.142 e. The number of nitrogens with two attached hydrogens (primary N) is 1. The zero-order valence-corrected chi connectivity index (χ0v) is 13.3. The topological polar surface area (TPSA) is 75.8 Å². The van der Waals surface area contributed by atoms with Gasteiger partial charge < -0.3 is 10.2 Å². The van der Waals surface area contributed by atoms with E-state index in [1.807, 2.05) is 19.1 Å². The number of hydrogen-bond donors (Lipinski definition) is 1. The summed E-state index contributed by atoms with van der Waals surface area (Å²) in [6.45, 7) is 6.07. The normalized spacial score (nSPS) is 10.5. The number of benzene rings is 1. The van der Waals surface area contributed by atoms with E-state index in [0.29, 0.717) is 16.9 Å². The van der Waals surface area contributed by atoms with Crippen molar-refractivity contribution in [2.75, 3.05) is 5.73 Å². The number of aryl methyl sites for hydroxylation is 2. The Morgan fingerprint density at radius 2 is 1.91 bits per heavy atom. The number of aromatic nitrogens is 1. The van der Waals surface area contributed by atoms with Crippen molar-refractivity contribution >= 4 is 5.82 Å². The summed E-state index contributed by atoms with van der Waals surface area (Å²) in [7, 11) is 0. The number of furan rings is 1. The van der Waals surface area contributed by atoms with E-state index < -0.39 is 0 Å². The average molecular weight is 303 g/mol. The largest absolute Gasteiger partial charge is 0.464 e. The molecule has 0 unspecified atom stereocenters. The van der Waals surface area contributed by atoms with Gasteiger partial charge in [0.05, 0.1) is 12.0 Å². The minimum atomic E-state index is 0.220. The highest BCUT2D eigenvalue weighted by Crippen LogP contribution is 2.36. The van der Waals surface area contributed by atoms with Crippen molar-refractivity contribution < 1.29 is 4.42 Å². The molecule has 2 N–H and O–H groups in total. The summed E-state index contributed by atoms with van der Waals surface area (Å²) in [4.78, 5) is 4.47. The Balaban J connectivity index is 2.32. The first kappa shape index (κ1) is 14.9. The molecule has 0 saturated heterocycles. The van der Waals surface area contributed by atoms with E-state index in [9.17, 15) is 5.26 Å². The molecular formula is C19H17N3O. The summed E-state index contributed by atoms with van der Waals surface area (Å²) in [5.74, 6) is 0.843. The second-order valence-corrected chi connectivity index (χ2v) is 5.61. The van der Waals surface area contributed by atoms with Gasteiger partial charge in [-0.25, -0.2) is 4.98 Å². The monoisotopic (exact) mass is 303 g/mol. The molecule has 0 amide bonds. The van der Waals surface area contributed by atoms with Crippen LogP contribution in [-0.4, -0.2) is 4.98 Å². The lowest BCUT2D eigenvalue weighted by atomic mass is 9.95. The van der Waals surface area contributed by atoms with E-state index in [1.165, 1.54) is 11.1 Å². The van der Waals surface area contributed by atoms with E-state index in [-0.39, 0.29) is 5.82 Å². The van der Waals surface area contributed by atoms with E-state index in [2.05, 4.69) is 37.0 Å². The minimum absolute atomic E-state index is 0.220. The van der Waals surface area contributed by atoms with Gasteiger partial charge >= 0.3 is 0 Å². The van der Waals surface area contributed by atoms with Crippen molar-refractivity contribution in [3.8, 4) is 28.7 Å². The van der Waals surface area contributed by atoms with Crippen LogP contribution in [0.3, 0.4) is 0 Å². The van der Waals surface area contributed by atoms with Gasteiger partial charge in [0.2, 0.25) is 0 Å². The predicted molar refractivity (Wildman–Crippen MR) is 90.7 cm³/mol. The third-order valence-electron chi connectivity index (χ3n) is 4.13. The lowest BCUT2D eigenvalue weighted by molar-refractivity contribution is 0.581. The smallest absolute Gasteiger partial charge is 0.142 e. The second kappa shape index (κ2) is 5.62. The molecule has 0 aliphatic heterocycles. The van der Waals surface area contributed by atoms with Gasteiger partial charge in [-0.15, -0.1) is 0 Å². The summed E-state index contributed by atoms with van der Waals surface area (Å²) in [6.07, 6.45) is 1.59. The van der Waals surface area contributed by atoms with Crippen molar-refractivity contribution in [2.45, 2.75) is 20.8 Å². The van der Waals surface area contributed by atoms with E-state index in [0.717, 1.165) is 16.8 Å². The van der Waals surface area contributed by atoms with Crippen LogP contribution in [0.4, 0.5) is 5.82 Å². The molecule has 0 atom stereocenters. The fraction of sp³-hybridized carbons (Fsp3) is 0.158. The van der Waals surface area contributed by atoms with Crippen LogP contribution in [0.2, 0.25) is 0 Å². The number of rotatable bonds is 2. The number of hydrogen-bond acceptors (Lipinski definition) is 4. The molecule has 3 rings (SSSR count). The van der Waals surface area contributed by atoms with Gasteiger partial charge in [0, 0.05) is 11.1 Å². The Labute approximate surface area is 135 Å². The first-order chi connectivity index (χ1) is 11.0. The summed E-state index contributed by atoms with van der Waals surface area (Å²) in [5, 5.41) is 9.45. The fourth-order valence-corrected chi connectivity index (χ4v) is 2.71. The number of nitrogens with zero attached hydrogens (tertiary/aromatic N) is 2. The van der Waals surface area contributed by atoms with Crippen molar-refractivity contribution in [3.63, 3.8) is 0 Å².